The summed E-state index contributed by atoms with van der Waals surface area (Å²) >= 11 is 0. The molecule has 0 bridgehead atoms. The zero-order chi connectivity index (χ0) is 15.5. The minimum atomic E-state index is 0.0658. The van der Waals surface area contributed by atoms with Crippen molar-refractivity contribution < 1.29 is 4.79 Å². The van der Waals surface area contributed by atoms with Crippen molar-refractivity contribution in [3.8, 4) is 0 Å². The predicted octanol–water partition coefficient (Wildman–Crippen LogP) is 1.95. The summed E-state index contributed by atoms with van der Waals surface area (Å²) in [6.07, 6.45) is 4.69. The van der Waals surface area contributed by atoms with Crippen LogP contribution in [0.15, 0.2) is 18.3 Å². The van der Waals surface area contributed by atoms with Gasteiger partial charge < -0.3 is 14.8 Å². The number of urea groups is 1. The van der Waals surface area contributed by atoms with Crippen molar-refractivity contribution >= 4 is 17.2 Å². The third kappa shape index (κ3) is 2.91. The molecule has 2 aromatic rings. The second-order valence-electron chi connectivity index (χ2n) is 5.97. The summed E-state index contributed by atoms with van der Waals surface area (Å²) in [5, 5.41) is 2.95. The van der Waals surface area contributed by atoms with Crippen LogP contribution in [0.1, 0.15) is 25.6 Å². The van der Waals surface area contributed by atoms with Crippen molar-refractivity contribution in [1.82, 2.24) is 24.8 Å². The fraction of sp³-hybridized carbons (Fsp3) is 0.562. The van der Waals surface area contributed by atoms with E-state index in [1.807, 2.05) is 24.1 Å². The Bertz CT molecular complexity index is 666. The summed E-state index contributed by atoms with van der Waals surface area (Å²) < 4.78 is 2.06. The normalized spacial score (nSPS) is 18.1. The second kappa shape index (κ2) is 6.34. The summed E-state index contributed by atoms with van der Waals surface area (Å²) in [6, 6.07) is 3.97. The van der Waals surface area contributed by atoms with E-state index in [1.165, 1.54) is 0 Å². The zero-order valence-electron chi connectivity index (χ0n) is 13.2. The van der Waals surface area contributed by atoms with Crippen molar-refractivity contribution in [3.05, 3.63) is 24.2 Å². The number of carbonyl (C=O) groups is 1. The van der Waals surface area contributed by atoms with Crippen LogP contribution in [0.4, 0.5) is 4.79 Å². The van der Waals surface area contributed by atoms with Gasteiger partial charge in [0.2, 0.25) is 0 Å². The van der Waals surface area contributed by atoms with E-state index in [4.69, 9.17) is 0 Å². The molecule has 0 radical (unpaired) electrons. The summed E-state index contributed by atoms with van der Waals surface area (Å²) in [5.41, 5.74) is 1.86. The van der Waals surface area contributed by atoms with E-state index in [0.29, 0.717) is 5.92 Å². The van der Waals surface area contributed by atoms with Gasteiger partial charge in [-0.05, 0) is 30.9 Å². The number of imidazole rings is 1. The Hall–Kier alpha value is -2.11. The molecule has 1 unspecified atom stereocenters. The van der Waals surface area contributed by atoms with Crippen LogP contribution in [0.25, 0.3) is 11.2 Å². The standard InChI is InChI=1S/C16H23N5O/c1-3-7-18-16(22)21-9-6-12(11-21)10-14-19-13-5-4-8-17-15(13)20(14)2/h4-5,8,12H,3,6-7,9-11H2,1-2H3,(H,18,22). The van der Waals surface area contributed by atoms with Gasteiger partial charge in [-0.1, -0.05) is 6.92 Å². The number of nitrogens with zero attached hydrogens (tertiary/aromatic N) is 4. The van der Waals surface area contributed by atoms with Gasteiger partial charge in [0, 0.05) is 39.3 Å². The highest BCUT2D eigenvalue weighted by molar-refractivity contribution is 5.74. The fourth-order valence-corrected chi connectivity index (χ4v) is 3.04. The second-order valence-corrected chi connectivity index (χ2v) is 5.97. The van der Waals surface area contributed by atoms with Crippen LogP contribution in [0.2, 0.25) is 0 Å². The molecule has 0 aliphatic carbocycles. The van der Waals surface area contributed by atoms with E-state index in [2.05, 4.69) is 26.8 Å². The maximum atomic E-state index is 12.0. The van der Waals surface area contributed by atoms with Crippen LogP contribution >= 0.6 is 0 Å². The smallest absolute Gasteiger partial charge is 0.317 e. The minimum absolute atomic E-state index is 0.0658. The first kappa shape index (κ1) is 14.8. The molecular formula is C16H23N5O. The van der Waals surface area contributed by atoms with Crippen LogP contribution in [0.3, 0.4) is 0 Å². The molecule has 1 N–H and O–H groups in total. The third-order valence-electron chi connectivity index (χ3n) is 4.29. The summed E-state index contributed by atoms with van der Waals surface area (Å²) in [5.74, 6) is 1.53. The first-order valence-corrected chi connectivity index (χ1v) is 7.98. The number of amides is 2. The SMILES string of the molecule is CCCNC(=O)N1CCC(Cc2nc3cccnc3n2C)C1. The Morgan fingerprint density at radius 1 is 1.50 bits per heavy atom. The molecular weight excluding hydrogens is 278 g/mol. The van der Waals surface area contributed by atoms with E-state index >= 15 is 0 Å². The van der Waals surface area contributed by atoms with Gasteiger partial charge in [-0.3, -0.25) is 0 Å². The van der Waals surface area contributed by atoms with Crippen molar-refractivity contribution in [2.75, 3.05) is 19.6 Å². The molecule has 6 nitrogen and oxygen atoms in total. The molecule has 118 valence electrons. The Morgan fingerprint density at radius 3 is 3.14 bits per heavy atom. The van der Waals surface area contributed by atoms with Gasteiger partial charge >= 0.3 is 6.03 Å². The summed E-state index contributed by atoms with van der Waals surface area (Å²) in [7, 11) is 2.01. The van der Waals surface area contributed by atoms with Gasteiger partial charge in [0.25, 0.3) is 0 Å². The molecule has 0 spiro atoms. The van der Waals surface area contributed by atoms with Crippen LogP contribution in [0, 0.1) is 5.92 Å². The van der Waals surface area contributed by atoms with Gasteiger partial charge in [-0.15, -0.1) is 0 Å². The highest BCUT2D eigenvalue weighted by atomic mass is 16.2. The van der Waals surface area contributed by atoms with Crippen LogP contribution < -0.4 is 5.32 Å². The molecule has 2 amide bonds. The van der Waals surface area contributed by atoms with E-state index < -0.39 is 0 Å². The van der Waals surface area contributed by atoms with Gasteiger partial charge in [0.15, 0.2) is 5.65 Å². The number of nitrogens with one attached hydrogen (secondary N) is 1. The monoisotopic (exact) mass is 301 g/mol. The lowest BCUT2D eigenvalue weighted by atomic mass is 10.0. The maximum Gasteiger partial charge on any atom is 0.317 e. The van der Waals surface area contributed by atoms with E-state index in [-0.39, 0.29) is 6.03 Å². The van der Waals surface area contributed by atoms with Crippen LogP contribution in [-0.2, 0) is 13.5 Å². The Labute approximate surface area is 130 Å². The molecule has 3 heterocycles. The quantitative estimate of drug-likeness (QED) is 0.939. The number of aromatic nitrogens is 3. The average molecular weight is 301 g/mol. The number of pyridine rings is 1. The van der Waals surface area contributed by atoms with Gasteiger partial charge in [-0.25, -0.2) is 14.8 Å². The summed E-state index contributed by atoms with van der Waals surface area (Å²) in [6.45, 7) is 4.46. The fourth-order valence-electron chi connectivity index (χ4n) is 3.04. The lowest BCUT2D eigenvalue weighted by molar-refractivity contribution is 0.207. The topological polar surface area (TPSA) is 63.1 Å². The molecule has 1 aliphatic heterocycles. The van der Waals surface area contributed by atoms with Crippen LogP contribution in [0.5, 0.6) is 0 Å². The number of fused-ring (bicyclic) bond motifs is 1. The number of aryl methyl sites for hydroxylation is 1. The molecule has 3 rings (SSSR count). The zero-order valence-corrected chi connectivity index (χ0v) is 13.2. The lowest BCUT2D eigenvalue weighted by Gasteiger charge is -2.17. The van der Waals surface area contributed by atoms with Gasteiger partial charge in [-0.2, -0.15) is 0 Å². The van der Waals surface area contributed by atoms with Crippen molar-refractivity contribution in [2.45, 2.75) is 26.2 Å². The van der Waals surface area contributed by atoms with Crippen molar-refractivity contribution in [2.24, 2.45) is 13.0 Å². The molecule has 1 fully saturated rings. The first-order valence-electron chi connectivity index (χ1n) is 7.98. The third-order valence-corrected chi connectivity index (χ3v) is 4.29. The molecule has 1 saturated heterocycles. The first-order chi connectivity index (χ1) is 10.7. The molecule has 0 aromatic carbocycles. The minimum Gasteiger partial charge on any atom is -0.338 e. The number of likely N-dealkylation sites (tertiary alicyclic amines) is 1. The van der Waals surface area contributed by atoms with E-state index in [0.717, 1.165) is 55.9 Å². The molecule has 0 saturated carbocycles. The Morgan fingerprint density at radius 2 is 2.36 bits per heavy atom. The molecule has 2 aromatic heterocycles. The molecule has 1 atom stereocenters. The Balaban J connectivity index is 1.64. The highest BCUT2D eigenvalue weighted by Gasteiger charge is 2.27. The lowest BCUT2D eigenvalue weighted by Crippen LogP contribution is -2.38. The average Bonchev–Trinajstić information content (AvgIpc) is 3.11. The van der Waals surface area contributed by atoms with E-state index in [1.54, 1.807) is 6.20 Å². The largest absolute Gasteiger partial charge is 0.338 e. The Kier molecular flexibility index (Phi) is 4.27. The summed E-state index contributed by atoms with van der Waals surface area (Å²) in [4.78, 5) is 23.0. The van der Waals surface area contributed by atoms with Gasteiger partial charge in [0.1, 0.15) is 11.3 Å². The molecule has 22 heavy (non-hydrogen) atoms. The van der Waals surface area contributed by atoms with Gasteiger partial charge in [0.05, 0.1) is 0 Å². The number of hydrogen-bond donors (Lipinski definition) is 1. The van der Waals surface area contributed by atoms with Crippen LogP contribution in [-0.4, -0.2) is 45.1 Å². The number of rotatable bonds is 4. The van der Waals surface area contributed by atoms with Crippen molar-refractivity contribution in [1.29, 1.82) is 0 Å². The highest BCUT2D eigenvalue weighted by Crippen LogP contribution is 2.22. The predicted molar refractivity (Wildman–Crippen MR) is 85.6 cm³/mol. The van der Waals surface area contributed by atoms with Crippen molar-refractivity contribution in [3.63, 3.8) is 0 Å². The number of hydrogen-bond acceptors (Lipinski definition) is 3. The molecule has 1 aliphatic rings. The maximum absolute atomic E-state index is 12.0. The van der Waals surface area contributed by atoms with E-state index in [9.17, 15) is 4.79 Å². The number of carbonyl (C=O) groups excluding carboxylic acids is 1. The molecule has 6 heteroatoms.